The van der Waals surface area contributed by atoms with Crippen LogP contribution in [0.15, 0.2) is 61.2 Å². The number of para-hydroxylation sites is 1. The highest BCUT2D eigenvalue weighted by Gasteiger charge is 2.18. The summed E-state index contributed by atoms with van der Waals surface area (Å²) in [6.07, 6.45) is 6.11. The molecule has 2 rings (SSSR count). The molecule has 0 aliphatic rings. The molecule has 130 valence electrons. The molecule has 3 heteroatoms. The number of hydrogen-bond acceptors (Lipinski definition) is 2. The van der Waals surface area contributed by atoms with E-state index in [1.165, 1.54) is 0 Å². The molecule has 1 N–H and O–H groups in total. The first-order valence-corrected chi connectivity index (χ1v) is 8.35. The van der Waals surface area contributed by atoms with Crippen molar-refractivity contribution in [3.63, 3.8) is 0 Å². The van der Waals surface area contributed by atoms with Gasteiger partial charge in [-0.25, -0.2) is 4.79 Å². The van der Waals surface area contributed by atoms with Crippen LogP contribution in [-0.2, 0) is 11.2 Å². The Kier molecular flexibility index (Phi) is 6.18. The predicted octanol–water partition coefficient (Wildman–Crippen LogP) is 5.93. The summed E-state index contributed by atoms with van der Waals surface area (Å²) in [6.45, 7) is 9.36. The van der Waals surface area contributed by atoms with Gasteiger partial charge in [0.15, 0.2) is 0 Å². The molecule has 0 radical (unpaired) electrons. The third kappa shape index (κ3) is 5.96. The highest BCUT2D eigenvalue weighted by atomic mass is 16.6. The monoisotopic (exact) mass is 335 g/mol. The standard InChI is InChI=1S/C22H25NO2/c1-5-18-14-10-16-19(15-9-13-17-11-7-6-8-12-17)20(18)23-21(24)25-22(2,3)4/h5-14,16H,1,15H2,2-4H3,(H,23,24)/b13-9+. The van der Waals surface area contributed by atoms with Crippen molar-refractivity contribution >= 4 is 23.9 Å². The summed E-state index contributed by atoms with van der Waals surface area (Å²) < 4.78 is 5.37. The Morgan fingerprint density at radius 3 is 2.48 bits per heavy atom. The van der Waals surface area contributed by atoms with Gasteiger partial charge in [-0.05, 0) is 43.9 Å². The first kappa shape index (κ1) is 18.5. The highest BCUT2D eigenvalue weighted by molar-refractivity contribution is 5.89. The molecule has 3 nitrogen and oxygen atoms in total. The van der Waals surface area contributed by atoms with Crippen molar-refractivity contribution in [3.05, 3.63) is 77.9 Å². The van der Waals surface area contributed by atoms with Crippen LogP contribution in [0.2, 0.25) is 0 Å². The van der Waals surface area contributed by atoms with Crippen LogP contribution < -0.4 is 5.32 Å². The maximum absolute atomic E-state index is 12.2. The lowest BCUT2D eigenvalue weighted by Crippen LogP contribution is -2.27. The minimum Gasteiger partial charge on any atom is -0.444 e. The molecule has 0 spiro atoms. The average Bonchev–Trinajstić information content (AvgIpc) is 2.55. The Hall–Kier alpha value is -2.81. The van der Waals surface area contributed by atoms with Gasteiger partial charge in [0.2, 0.25) is 0 Å². The number of hydrogen-bond donors (Lipinski definition) is 1. The largest absolute Gasteiger partial charge is 0.444 e. The van der Waals surface area contributed by atoms with Crippen LogP contribution in [0, 0.1) is 0 Å². The van der Waals surface area contributed by atoms with E-state index in [0.717, 1.165) is 22.4 Å². The first-order chi connectivity index (χ1) is 11.9. The van der Waals surface area contributed by atoms with E-state index in [9.17, 15) is 4.79 Å². The SMILES string of the molecule is C=Cc1cccc(C/C=C/c2ccccc2)c1NC(=O)OC(C)(C)C. The molecular formula is C22H25NO2. The maximum Gasteiger partial charge on any atom is 0.412 e. The van der Waals surface area contributed by atoms with Crippen molar-refractivity contribution in [2.45, 2.75) is 32.8 Å². The lowest BCUT2D eigenvalue weighted by molar-refractivity contribution is 0.0635. The van der Waals surface area contributed by atoms with Crippen molar-refractivity contribution < 1.29 is 9.53 Å². The number of ether oxygens (including phenoxy) is 1. The minimum absolute atomic E-state index is 0.463. The predicted molar refractivity (Wildman–Crippen MR) is 106 cm³/mol. The Labute approximate surface area is 150 Å². The lowest BCUT2D eigenvalue weighted by atomic mass is 10.0. The fraction of sp³-hybridized carbons (Fsp3) is 0.227. The van der Waals surface area contributed by atoms with Gasteiger partial charge < -0.3 is 4.74 Å². The number of carbonyl (C=O) groups excluding carboxylic acids is 1. The summed E-state index contributed by atoms with van der Waals surface area (Å²) in [5.41, 5.74) is 3.22. The second-order valence-corrected chi connectivity index (χ2v) is 6.73. The van der Waals surface area contributed by atoms with Gasteiger partial charge in [-0.2, -0.15) is 0 Å². The molecule has 0 aliphatic carbocycles. The normalized spacial score (nSPS) is 11.3. The number of allylic oxidation sites excluding steroid dienone is 1. The van der Waals surface area contributed by atoms with E-state index in [4.69, 9.17) is 4.74 Å². The van der Waals surface area contributed by atoms with Crippen LogP contribution >= 0.6 is 0 Å². The molecule has 25 heavy (non-hydrogen) atoms. The summed E-state index contributed by atoms with van der Waals surface area (Å²) in [7, 11) is 0. The highest BCUT2D eigenvalue weighted by Crippen LogP contribution is 2.24. The van der Waals surface area contributed by atoms with Crippen molar-refractivity contribution in [2.24, 2.45) is 0 Å². The van der Waals surface area contributed by atoms with Crippen molar-refractivity contribution in [1.29, 1.82) is 0 Å². The number of benzene rings is 2. The summed E-state index contributed by atoms with van der Waals surface area (Å²) in [5, 5.41) is 2.87. The molecular weight excluding hydrogens is 310 g/mol. The fourth-order valence-corrected chi connectivity index (χ4v) is 2.40. The summed E-state index contributed by atoms with van der Waals surface area (Å²) in [4.78, 5) is 12.2. The number of nitrogens with one attached hydrogen (secondary N) is 1. The van der Waals surface area contributed by atoms with Crippen LogP contribution in [0.4, 0.5) is 10.5 Å². The topological polar surface area (TPSA) is 38.3 Å². The van der Waals surface area contributed by atoms with Gasteiger partial charge in [0.1, 0.15) is 5.60 Å². The smallest absolute Gasteiger partial charge is 0.412 e. The average molecular weight is 335 g/mol. The molecule has 2 aromatic carbocycles. The number of anilines is 1. The van der Waals surface area contributed by atoms with E-state index < -0.39 is 11.7 Å². The van der Waals surface area contributed by atoms with E-state index in [1.807, 2.05) is 57.2 Å². The van der Waals surface area contributed by atoms with Gasteiger partial charge in [-0.3, -0.25) is 5.32 Å². The molecule has 2 aromatic rings. The first-order valence-electron chi connectivity index (χ1n) is 8.35. The van der Waals surface area contributed by atoms with E-state index in [0.29, 0.717) is 6.42 Å². The second kappa shape index (κ2) is 8.34. The number of carbonyl (C=O) groups is 1. The van der Waals surface area contributed by atoms with Gasteiger partial charge in [0, 0.05) is 0 Å². The molecule has 0 bridgehead atoms. The molecule has 1 amide bonds. The van der Waals surface area contributed by atoms with Gasteiger partial charge in [0.05, 0.1) is 5.69 Å². The van der Waals surface area contributed by atoms with Crippen LogP contribution in [0.1, 0.15) is 37.5 Å². The zero-order valence-corrected chi connectivity index (χ0v) is 15.1. The summed E-state index contributed by atoms with van der Waals surface area (Å²) in [6, 6.07) is 16.0. The zero-order valence-electron chi connectivity index (χ0n) is 15.1. The van der Waals surface area contributed by atoms with Crippen LogP contribution in [-0.4, -0.2) is 11.7 Å². The van der Waals surface area contributed by atoms with E-state index in [1.54, 1.807) is 6.08 Å². The Bertz CT molecular complexity index is 755. The van der Waals surface area contributed by atoms with Crippen LogP contribution in [0.3, 0.4) is 0 Å². The molecule has 0 aliphatic heterocycles. The van der Waals surface area contributed by atoms with Crippen LogP contribution in [0.5, 0.6) is 0 Å². The summed E-state index contributed by atoms with van der Waals surface area (Å²) >= 11 is 0. The third-order valence-electron chi connectivity index (χ3n) is 3.48. The Morgan fingerprint density at radius 1 is 1.12 bits per heavy atom. The van der Waals surface area contributed by atoms with Gasteiger partial charge in [-0.1, -0.05) is 73.3 Å². The molecule has 0 atom stereocenters. The molecule has 0 unspecified atom stereocenters. The van der Waals surface area contributed by atoms with E-state index in [-0.39, 0.29) is 0 Å². The minimum atomic E-state index is -0.541. The molecule has 0 fully saturated rings. The van der Waals surface area contributed by atoms with Gasteiger partial charge in [0.25, 0.3) is 0 Å². The number of amides is 1. The zero-order chi connectivity index (χ0) is 18.3. The summed E-state index contributed by atoms with van der Waals surface area (Å²) in [5.74, 6) is 0. The Morgan fingerprint density at radius 2 is 1.84 bits per heavy atom. The van der Waals surface area contributed by atoms with Crippen molar-refractivity contribution in [3.8, 4) is 0 Å². The maximum atomic E-state index is 12.2. The Balaban J connectivity index is 2.19. The quantitative estimate of drug-likeness (QED) is 0.735. The second-order valence-electron chi connectivity index (χ2n) is 6.73. The van der Waals surface area contributed by atoms with Gasteiger partial charge in [-0.15, -0.1) is 0 Å². The fourth-order valence-electron chi connectivity index (χ4n) is 2.40. The van der Waals surface area contributed by atoms with E-state index in [2.05, 4.69) is 36.2 Å². The van der Waals surface area contributed by atoms with E-state index >= 15 is 0 Å². The lowest BCUT2D eigenvalue weighted by Gasteiger charge is -2.21. The third-order valence-corrected chi connectivity index (χ3v) is 3.48. The molecule has 0 saturated carbocycles. The van der Waals surface area contributed by atoms with Crippen molar-refractivity contribution in [2.75, 3.05) is 5.32 Å². The number of rotatable bonds is 5. The molecule has 0 aromatic heterocycles. The van der Waals surface area contributed by atoms with Gasteiger partial charge >= 0.3 is 6.09 Å². The molecule has 0 saturated heterocycles. The van der Waals surface area contributed by atoms with Crippen LogP contribution in [0.25, 0.3) is 12.2 Å². The molecule has 0 heterocycles. The van der Waals surface area contributed by atoms with Crippen molar-refractivity contribution in [1.82, 2.24) is 0 Å².